The number of benzene rings is 1. The maximum Gasteiger partial charge on any atom is 0.348 e. The van der Waals surface area contributed by atoms with Crippen molar-refractivity contribution in [3.05, 3.63) is 35.4 Å². The standard InChI is InChI=1S/C15H18N2O3/c1-17(2)14-6-4-12(5-7-14)10-13(11-16)15(18)20-9-8-19-3/h4-7,10H,8-9H2,1-3H3/b13-10+. The molecule has 5 heteroatoms. The fourth-order valence-electron chi connectivity index (χ4n) is 1.47. The van der Waals surface area contributed by atoms with Crippen LogP contribution in [-0.4, -0.2) is 40.4 Å². The predicted molar refractivity (Wildman–Crippen MR) is 77.2 cm³/mol. The van der Waals surface area contributed by atoms with Gasteiger partial charge in [0.2, 0.25) is 0 Å². The van der Waals surface area contributed by atoms with Crippen molar-refractivity contribution in [2.75, 3.05) is 39.3 Å². The third-order valence-electron chi connectivity index (χ3n) is 2.58. The number of methoxy groups -OCH3 is 1. The molecular formula is C15H18N2O3. The van der Waals surface area contributed by atoms with E-state index in [0.717, 1.165) is 11.3 Å². The second kappa shape index (κ2) is 7.97. The highest BCUT2D eigenvalue weighted by molar-refractivity contribution is 5.97. The van der Waals surface area contributed by atoms with E-state index in [9.17, 15) is 4.79 Å². The number of carbonyl (C=O) groups excluding carboxylic acids is 1. The van der Waals surface area contributed by atoms with Gasteiger partial charge in [-0.05, 0) is 23.8 Å². The lowest BCUT2D eigenvalue weighted by molar-refractivity contribution is -0.139. The Labute approximate surface area is 119 Å². The van der Waals surface area contributed by atoms with Gasteiger partial charge in [-0.3, -0.25) is 0 Å². The van der Waals surface area contributed by atoms with Gasteiger partial charge in [0.05, 0.1) is 6.61 Å². The minimum absolute atomic E-state index is 0.0290. The van der Waals surface area contributed by atoms with E-state index < -0.39 is 5.97 Å². The monoisotopic (exact) mass is 274 g/mol. The van der Waals surface area contributed by atoms with Gasteiger partial charge >= 0.3 is 5.97 Å². The second-order valence-corrected chi connectivity index (χ2v) is 4.28. The molecule has 106 valence electrons. The van der Waals surface area contributed by atoms with Crippen LogP contribution in [0.2, 0.25) is 0 Å². The Kier molecular flexibility index (Phi) is 6.27. The topological polar surface area (TPSA) is 62.6 Å². The summed E-state index contributed by atoms with van der Waals surface area (Å²) in [4.78, 5) is 13.6. The van der Waals surface area contributed by atoms with Crippen molar-refractivity contribution in [2.24, 2.45) is 0 Å². The molecular weight excluding hydrogens is 256 g/mol. The number of nitrogens with zero attached hydrogens (tertiary/aromatic N) is 2. The lowest BCUT2D eigenvalue weighted by Gasteiger charge is -2.11. The SMILES string of the molecule is COCCOC(=O)/C(C#N)=C/c1ccc(N(C)C)cc1. The zero-order chi connectivity index (χ0) is 15.0. The summed E-state index contributed by atoms with van der Waals surface area (Å²) >= 11 is 0. The van der Waals surface area contributed by atoms with Crippen LogP contribution in [0.5, 0.6) is 0 Å². The van der Waals surface area contributed by atoms with Crippen LogP contribution in [0, 0.1) is 11.3 Å². The Balaban J connectivity index is 2.78. The first kappa shape index (κ1) is 15.7. The van der Waals surface area contributed by atoms with Gasteiger partial charge in [-0.2, -0.15) is 5.26 Å². The average molecular weight is 274 g/mol. The molecule has 0 spiro atoms. The number of carbonyl (C=O) groups is 1. The van der Waals surface area contributed by atoms with Crippen molar-refractivity contribution in [1.29, 1.82) is 5.26 Å². The van der Waals surface area contributed by atoms with Gasteiger partial charge in [0.25, 0.3) is 0 Å². The summed E-state index contributed by atoms with van der Waals surface area (Å²) in [6.45, 7) is 0.440. The summed E-state index contributed by atoms with van der Waals surface area (Å²) in [6, 6.07) is 9.36. The minimum Gasteiger partial charge on any atom is -0.459 e. The Hall–Kier alpha value is -2.32. The molecule has 0 bridgehead atoms. The van der Waals surface area contributed by atoms with E-state index in [4.69, 9.17) is 14.7 Å². The van der Waals surface area contributed by atoms with Crippen LogP contribution >= 0.6 is 0 Å². The van der Waals surface area contributed by atoms with Crippen molar-refractivity contribution in [2.45, 2.75) is 0 Å². The molecule has 0 heterocycles. The molecule has 0 radical (unpaired) electrons. The fourth-order valence-corrected chi connectivity index (χ4v) is 1.47. The van der Waals surface area contributed by atoms with Crippen molar-refractivity contribution in [3.63, 3.8) is 0 Å². The smallest absolute Gasteiger partial charge is 0.348 e. The maximum absolute atomic E-state index is 11.7. The van der Waals surface area contributed by atoms with Gasteiger partial charge in [0, 0.05) is 26.9 Å². The van der Waals surface area contributed by atoms with E-state index in [2.05, 4.69) is 0 Å². The highest BCUT2D eigenvalue weighted by atomic mass is 16.6. The number of anilines is 1. The molecule has 20 heavy (non-hydrogen) atoms. The van der Waals surface area contributed by atoms with Gasteiger partial charge in [-0.1, -0.05) is 12.1 Å². The molecule has 0 aromatic heterocycles. The van der Waals surface area contributed by atoms with Crippen LogP contribution in [-0.2, 0) is 14.3 Å². The number of hydrogen-bond acceptors (Lipinski definition) is 5. The van der Waals surface area contributed by atoms with Crippen molar-refractivity contribution in [3.8, 4) is 6.07 Å². The van der Waals surface area contributed by atoms with E-state index >= 15 is 0 Å². The summed E-state index contributed by atoms with van der Waals surface area (Å²) in [5.74, 6) is -0.638. The summed E-state index contributed by atoms with van der Waals surface area (Å²) in [5, 5.41) is 9.00. The molecule has 0 amide bonds. The first-order valence-electron chi connectivity index (χ1n) is 6.13. The highest BCUT2D eigenvalue weighted by Crippen LogP contribution is 2.14. The number of ether oxygens (including phenoxy) is 2. The van der Waals surface area contributed by atoms with Crippen LogP contribution in [0.1, 0.15) is 5.56 Å². The zero-order valence-electron chi connectivity index (χ0n) is 11.9. The number of esters is 1. The van der Waals surface area contributed by atoms with Gasteiger partial charge < -0.3 is 14.4 Å². The van der Waals surface area contributed by atoms with Crippen LogP contribution in [0.25, 0.3) is 6.08 Å². The number of rotatable bonds is 6. The van der Waals surface area contributed by atoms with Crippen LogP contribution in [0.3, 0.4) is 0 Å². The average Bonchev–Trinajstić information content (AvgIpc) is 2.45. The van der Waals surface area contributed by atoms with E-state index in [-0.39, 0.29) is 12.2 Å². The van der Waals surface area contributed by atoms with Crippen LogP contribution < -0.4 is 4.90 Å². The second-order valence-electron chi connectivity index (χ2n) is 4.28. The molecule has 0 aliphatic carbocycles. The molecule has 5 nitrogen and oxygen atoms in total. The van der Waals surface area contributed by atoms with Crippen molar-refractivity contribution < 1.29 is 14.3 Å². The fraction of sp³-hybridized carbons (Fsp3) is 0.333. The summed E-state index contributed by atoms with van der Waals surface area (Å²) in [7, 11) is 5.40. The quantitative estimate of drug-likeness (QED) is 0.343. The van der Waals surface area contributed by atoms with E-state index in [0.29, 0.717) is 6.61 Å². The van der Waals surface area contributed by atoms with Crippen LogP contribution in [0.4, 0.5) is 5.69 Å². The Bertz CT molecular complexity index is 513. The zero-order valence-corrected chi connectivity index (χ0v) is 11.9. The van der Waals surface area contributed by atoms with E-state index in [1.54, 1.807) is 0 Å². The number of hydrogen-bond donors (Lipinski definition) is 0. The lowest BCUT2D eigenvalue weighted by Crippen LogP contribution is -2.11. The summed E-state index contributed by atoms with van der Waals surface area (Å²) < 4.78 is 9.68. The van der Waals surface area contributed by atoms with Crippen LogP contribution in [0.15, 0.2) is 29.8 Å². The minimum atomic E-state index is -0.638. The highest BCUT2D eigenvalue weighted by Gasteiger charge is 2.10. The first-order valence-corrected chi connectivity index (χ1v) is 6.13. The normalized spacial score (nSPS) is 10.8. The first-order chi connectivity index (χ1) is 9.58. The Morgan fingerprint density at radius 1 is 1.30 bits per heavy atom. The molecule has 0 saturated heterocycles. The molecule has 0 saturated carbocycles. The van der Waals surface area contributed by atoms with Crippen molar-refractivity contribution in [1.82, 2.24) is 0 Å². The van der Waals surface area contributed by atoms with E-state index in [1.165, 1.54) is 13.2 Å². The largest absolute Gasteiger partial charge is 0.459 e. The molecule has 0 fully saturated rings. The summed E-state index contributed by atoms with van der Waals surface area (Å²) in [6.07, 6.45) is 1.51. The Morgan fingerprint density at radius 2 is 1.95 bits per heavy atom. The summed E-state index contributed by atoms with van der Waals surface area (Å²) in [5.41, 5.74) is 1.79. The molecule has 1 aromatic carbocycles. The predicted octanol–water partition coefficient (Wildman–Crippen LogP) is 1.85. The molecule has 0 aliphatic rings. The van der Waals surface area contributed by atoms with Gasteiger partial charge in [0.15, 0.2) is 0 Å². The molecule has 0 aliphatic heterocycles. The maximum atomic E-state index is 11.7. The third kappa shape index (κ3) is 4.75. The molecule has 1 rings (SSSR count). The lowest BCUT2D eigenvalue weighted by atomic mass is 10.1. The van der Waals surface area contributed by atoms with Gasteiger partial charge in [-0.25, -0.2) is 4.79 Å². The number of nitriles is 1. The van der Waals surface area contributed by atoms with E-state index in [1.807, 2.05) is 49.3 Å². The van der Waals surface area contributed by atoms with Crippen molar-refractivity contribution >= 4 is 17.7 Å². The molecule has 0 atom stereocenters. The molecule has 0 N–H and O–H groups in total. The molecule has 0 unspecified atom stereocenters. The van der Waals surface area contributed by atoms with Gasteiger partial charge in [0.1, 0.15) is 18.2 Å². The Morgan fingerprint density at radius 3 is 2.45 bits per heavy atom. The van der Waals surface area contributed by atoms with Gasteiger partial charge in [-0.15, -0.1) is 0 Å². The third-order valence-corrected chi connectivity index (χ3v) is 2.58. The molecule has 1 aromatic rings.